The highest BCUT2D eigenvalue weighted by molar-refractivity contribution is 7.80. The van der Waals surface area contributed by atoms with E-state index >= 15 is 0 Å². The maximum absolute atomic E-state index is 12.6. The predicted octanol–water partition coefficient (Wildman–Crippen LogP) is -1.52. The van der Waals surface area contributed by atoms with Crippen molar-refractivity contribution >= 4 is 36.3 Å². The number of carboxylic acid groups (broad SMARTS) is 1. The number of hydrogen-bond donors (Lipinski definition) is 7. The maximum Gasteiger partial charge on any atom is 0.328 e. The lowest BCUT2D eigenvalue weighted by atomic mass is 10.00. The number of aliphatic carboxylic acids is 1. The smallest absolute Gasteiger partial charge is 0.328 e. The molecule has 0 aromatic rings. The minimum atomic E-state index is -1.50. The van der Waals surface area contributed by atoms with Crippen molar-refractivity contribution in [3.63, 3.8) is 0 Å². The Balaban J connectivity index is 5.07. The van der Waals surface area contributed by atoms with E-state index in [0.717, 1.165) is 0 Å². The van der Waals surface area contributed by atoms with Crippen molar-refractivity contribution in [2.24, 2.45) is 17.6 Å². The molecule has 28 heavy (non-hydrogen) atoms. The molecule has 0 spiro atoms. The minimum absolute atomic E-state index is 0.110. The molecule has 10 nitrogen and oxygen atoms in total. The standard InChI is InChI=1S/C17H32N4O6S/c1-8(2)5-10(18)14(23)21-13(9(3)4)16(25)20-12(7-28)15(24)19-11(6-22)17(26)27/h8-13,22,28H,5-7,18H2,1-4H3,(H,19,24)(H,20,25)(H,21,23)(H,26,27). The molecule has 0 aromatic heterocycles. The topological polar surface area (TPSA) is 171 Å². The summed E-state index contributed by atoms with van der Waals surface area (Å²) in [4.78, 5) is 47.9. The number of nitrogens with two attached hydrogens (primary N) is 1. The lowest BCUT2D eigenvalue weighted by Crippen LogP contribution is -2.59. The number of nitrogens with one attached hydrogen (secondary N) is 3. The van der Waals surface area contributed by atoms with E-state index < -0.39 is 54.5 Å². The highest BCUT2D eigenvalue weighted by Crippen LogP contribution is 2.07. The SMILES string of the molecule is CC(C)CC(N)C(=O)NC(C(=O)NC(CS)C(=O)NC(CO)C(=O)O)C(C)C. The molecule has 4 unspecified atom stereocenters. The molecule has 0 aliphatic heterocycles. The lowest BCUT2D eigenvalue weighted by molar-refractivity contribution is -0.143. The van der Waals surface area contributed by atoms with E-state index in [9.17, 15) is 19.2 Å². The molecule has 0 radical (unpaired) electrons. The van der Waals surface area contributed by atoms with Gasteiger partial charge in [-0.1, -0.05) is 27.7 Å². The fourth-order valence-electron chi connectivity index (χ4n) is 2.32. The first kappa shape index (κ1) is 26.1. The number of hydrogen-bond acceptors (Lipinski definition) is 7. The average Bonchev–Trinajstić information content (AvgIpc) is 2.59. The minimum Gasteiger partial charge on any atom is -0.480 e. The molecule has 0 aromatic carbocycles. The molecule has 0 rings (SSSR count). The van der Waals surface area contributed by atoms with Gasteiger partial charge in [-0.05, 0) is 18.3 Å². The van der Waals surface area contributed by atoms with Gasteiger partial charge in [-0.3, -0.25) is 14.4 Å². The molecule has 7 N–H and O–H groups in total. The third-order valence-electron chi connectivity index (χ3n) is 3.92. The van der Waals surface area contributed by atoms with Gasteiger partial charge in [0.15, 0.2) is 0 Å². The van der Waals surface area contributed by atoms with E-state index in [2.05, 4.69) is 28.6 Å². The molecule has 0 saturated heterocycles. The zero-order chi connectivity index (χ0) is 22.0. The van der Waals surface area contributed by atoms with Crippen molar-refractivity contribution in [2.45, 2.75) is 58.3 Å². The van der Waals surface area contributed by atoms with Gasteiger partial charge in [-0.15, -0.1) is 0 Å². The van der Waals surface area contributed by atoms with Gasteiger partial charge < -0.3 is 31.9 Å². The van der Waals surface area contributed by atoms with Crippen LogP contribution in [0.25, 0.3) is 0 Å². The second kappa shape index (κ2) is 12.6. The Labute approximate surface area is 170 Å². The number of carbonyl (C=O) groups is 4. The molecule has 0 aliphatic rings. The molecule has 162 valence electrons. The fraction of sp³-hybridized carbons (Fsp3) is 0.765. The van der Waals surface area contributed by atoms with Crippen LogP contribution in [-0.2, 0) is 19.2 Å². The van der Waals surface area contributed by atoms with Gasteiger partial charge in [0.05, 0.1) is 12.6 Å². The number of rotatable bonds is 12. The number of amides is 3. The van der Waals surface area contributed by atoms with Crippen LogP contribution in [0.3, 0.4) is 0 Å². The van der Waals surface area contributed by atoms with Gasteiger partial charge in [-0.2, -0.15) is 12.6 Å². The Morgan fingerprint density at radius 3 is 1.86 bits per heavy atom. The Morgan fingerprint density at radius 1 is 0.929 bits per heavy atom. The number of thiol groups is 1. The van der Waals surface area contributed by atoms with E-state index in [-0.39, 0.29) is 17.6 Å². The van der Waals surface area contributed by atoms with Crippen LogP contribution in [-0.4, -0.2) is 70.4 Å². The second-order valence-corrected chi connectivity index (χ2v) is 7.66. The summed E-state index contributed by atoms with van der Waals surface area (Å²) in [5.41, 5.74) is 5.84. The van der Waals surface area contributed by atoms with Crippen molar-refractivity contribution in [1.29, 1.82) is 0 Å². The zero-order valence-electron chi connectivity index (χ0n) is 16.6. The first-order valence-electron chi connectivity index (χ1n) is 9.05. The Bertz CT molecular complexity index is 558. The van der Waals surface area contributed by atoms with Crippen LogP contribution in [0.1, 0.15) is 34.1 Å². The number of aliphatic hydroxyl groups excluding tert-OH is 1. The molecule has 0 bridgehead atoms. The van der Waals surface area contributed by atoms with E-state index in [1.807, 2.05) is 13.8 Å². The molecule has 3 amide bonds. The van der Waals surface area contributed by atoms with Crippen LogP contribution in [0, 0.1) is 11.8 Å². The fourth-order valence-corrected chi connectivity index (χ4v) is 2.58. The van der Waals surface area contributed by atoms with Crippen molar-refractivity contribution in [2.75, 3.05) is 12.4 Å². The maximum atomic E-state index is 12.6. The highest BCUT2D eigenvalue weighted by Gasteiger charge is 2.31. The third kappa shape index (κ3) is 8.89. The van der Waals surface area contributed by atoms with Gasteiger partial charge in [0, 0.05) is 5.75 Å². The third-order valence-corrected chi connectivity index (χ3v) is 4.29. The largest absolute Gasteiger partial charge is 0.480 e. The van der Waals surface area contributed by atoms with Crippen LogP contribution in [0.15, 0.2) is 0 Å². The molecule has 4 atom stereocenters. The van der Waals surface area contributed by atoms with E-state index in [0.29, 0.717) is 6.42 Å². The second-order valence-electron chi connectivity index (χ2n) is 7.29. The molecule has 0 aliphatic carbocycles. The van der Waals surface area contributed by atoms with Crippen molar-refractivity contribution in [3.8, 4) is 0 Å². The van der Waals surface area contributed by atoms with Crippen molar-refractivity contribution < 1.29 is 29.4 Å². The first-order valence-corrected chi connectivity index (χ1v) is 9.68. The van der Waals surface area contributed by atoms with E-state index in [4.69, 9.17) is 15.9 Å². The monoisotopic (exact) mass is 420 g/mol. The first-order chi connectivity index (χ1) is 12.9. The zero-order valence-corrected chi connectivity index (χ0v) is 17.5. The van der Waals surface area contributed by atoms with Gasteiger partial charge in [0.25, 0.3) is 0 Å². The number of carboxylic acids is 1. The van der Waals surface area contributed by atoms with Gasteiger partial charge in [-0.25, -0.2) is 4.79 Å². The summed E-state index contributed by atoms with van der Waals surface area (Å²) in [6, 6.07) is -4.35. The number of aliphatic hydroxyl groups is 1. The normalized spacial score (nSPS) is 15.5. The number of carbonyl (C=O) groups excluding carboxylic acids is 3. The summed E-state index contributed by atoms with van der Waals surface area (Å²) < 4.78 is 0. The molecule has 0 heterocycles. The molecule has 11 heteroatoms. The average molecular weight is 421 g/mol. The Hall–Kier alpha value is -1.85. The van der Waals surface area contributed by atoms with Crippen LogP contribution in [0.4, 0.5) is 0 Å². The van der Waals surface area contributed by atoms with Gasteiger partial charge >= 0.3 is 5.97 Å². The summed E-state index contributed by atoms with van der Waals surface area (Å²) in [5, 5.41) is 25.0. The van der Waals surface area contributed by atoms with Gasteiger partial charge in [0.1, 0.15) is 18.1 Å². The van der Waals surface area contributed by atoms with Crippen LogP contribution < -0.4 is 21.7 Å². The molecular formula is C17H32N4O6S. The summed E-state index contributed by atoms with van der Waals surface area (Å²) in [5.74, 6) is -3.50. The van der Waals surface area contributed by atoms with Gasteiger partial charge in [0.2, 0.25) is 17.7 Å². The molecule has 0 fully saturated rings. The molecular weight excluding hydrogens is 388 g/mol. The Kier molecular flexibility index (Phi) is 11.7. The van der Waals surface area contributed by atoms with Crippen molar-refractivity contribution in [3.05, 3.63) is 0 Å². The van der Waals surface area contributed by atoms with Crippen molar-refractivity contribution in [1.82, 2.24) is 16.0 Å². The summed E-state index contributed by atoms with van der Waals surface area (Å²) >= 11 is 4.00. The highest BCUT2D eigenvalue weighted by atomic mass is 32.1. The van der Waals surface area contributed by atoms with Crippen LogP contribution in [0.5, 0.6) is 0 Å². The van der Waals surface area contributed by atoms with E-state index in [1.165, 1.54) is 0 Å². The quantitative estimate of drug-likeness (QED) is 0.188. The van der Waals surface area contributed by atoms with Crippen LogP contribution >= 0.6 is 12.6 Å². The lowest BCUT2D eigenvalue weighted by Gasteiger charge is -2.26. The summed E-state index contributed by atoms with van der Waals surface area (Å²) in [7, 11) is 0. The van der Waals surface area contributed by atoms with Crippen LogP contribution in [0.2, 0.25) is 0 Å². The van der Waals surface area contributed by atoms with E-state index in [1.54, 1.807) is 13.8 Å². The predicted molar refractivity (Wildman–Crippen MR) is 107 cm³/mol. The summed E-state index contributed by atoms with van der Waals surface area (Å²) in [6.45, 7) is 6.49. The molecule has 0 saturated carbocycles. The Morgan fingerprint density at radius 2 is 1.46 bits per heavy atom. The summed E-state index contributed by atoms with van der Waals surface area (Å²) in [6.07, 6.45) is 0.456.